The van der Waals surface area contributed by atoms with E-state index in [4.69, 9.17) is 19.9 Å². The van der Waals surface area contributed by atoms with Gasteiger partial charge in [-0.25, -0.2) is 0 Å². The minimum atomic E-state index is -0.157. The Morgan fingerprint density at radius 3 is 1.07 bits per heavy atom. The van der Waals surface area contributed by atoms with E-state index < -0.39 is 0 Å². The third kappa shape index (κ3) is 11.4. The first kappa shape index (κ1) is 35.3. The van der Waals surface area contributed by atoms with Gasteiger partial charge in [-0.05, 0) is 97.9 Å². The normalized spacial score (nSPS) is 11.5. The number of halogens is 4. The fourth-order valence-electron chi connectivity index (χ4n) is 5.15. The number of rotatable bonds is 19. The van der Waals surface area contributed by atoms with E-state index in [0.717, 1.165) is 95.5 Å². The van der Waals surface area contributed by atoms with Gasteiger partial charge in [0.25, 0.3) is 0 Å². The molecule has 0 fully saturated rings. The number of alkyl halides is 4. The molecule has 0 aliphatic heterocycles. The van der Waals surface area contributed by atoms with E-state index in [1.807, 2.05) is 24.8 Å². The van der Waals surface area contributed by atoms with E-state index >= 15 is 0 Å². The standard InChI is InChI=1S/C35H41Br4N5/c36-17-1-5-27-9-13-31(40-21-27)25-44(26-32-14-10-28(22-41-32)6-2-18-37)35(33-15-11-29(23-42-33)7-3-19-38)34-16-12-30(24-43-34)8-4-20-39/h9-16,21-24,35H,1-8,17-20,25-26H2. The zero-order chi connectivity index (χ0) is 31.0. The first-order valence-corrected chi connectivity index (χ1v) is 19.9. The average molecular weight is 851 g/mol. The van der Waals surface area contributed by atoms with Crippen molar-refractivity contribution in [3.8, 4) is 0 Å². The van der Waals surface area contributed by atoms with Crippen LogP contribution < -0.4 is 0 Å². The van der Waals surface area contributed by atoms with Crippen LogP contribution in [0.5, 0.6) is 0 Å². The van der Waals surface area contributed by atoms with E-state index in [9.17, 15) is 0 Å². The Labute approximate surface area is 296 Å². The van der Waals surface area contributed by atoms with Gasteiger partial charge in [-0.15, -0.1) is 0 Å². The maximum absolute atomic E-state index is 5.03. The monoisotopic (exact) mass is 847 g/mol. The van der Waals surface area contributed by atoms with Crippen LogP contribution in [0.3, 0.4) is 0 Å². The van der Waals surface area contributed by atoms with Gasteiger partial charge in [-0.3, -0.25) is 24.8 Å². The summed E-state index contributed by atoms with van der Waals surface area (Å²) >= 11 is 14.2. The molecule has 0 aliphatic carbocycles. The SMILES string of the molecule is BrCCCc1ccc(CN(Cc2ccc(CCCBr)cn2)C(c2ccc(CCCBr)cn2)c2ccc(CCCBr)cn2)nc1. The average Bonchev–Trinajstić information content (AvgIpc) is 3.07. The molecule has 0 saturated carbocycles. The molecule has 4 heterocycles. The zero-order valence-electron chi connectivity index (χ0n) is 25.2. The minimum absolute atomic E-state index is 0.157. The predicted octanol–water partition coefficient (Wildman–Crippen LogP) is 9.37. The molecule has 0 N–H and O–H groups in total. The first-order valence-electron chi connectivity index (χ1n) is 15.4. The molecule has 0 unspecified atom stereocenters. The Morgan fingerprint density at radius 1 is 0.455 bits per heavy atom. The van der Waals surface area contributed by atoms with Crippen LogP contribution in [-0.2, 0) is 38.8 Å². The fraction of sp³-hybridized carbons (Fsp3) is 0.429. The van der Waals surface area contributed by atoms with E-state index in [0.29, 0.717) is 13.1 Å². The molecule has 0 atom stereocenters. The summed E-state index contributed by atoms with van der Waals surface area (Å²) in [6.07, 6.45) is 16.5. The van der Waals surface area contributed by atoms with Crippen LogP contribution in [0.1, 0.15) is 76.8 Å². The topological polar surface area (TPSA) is 54.8 Å². The molecule has 0 spiro atoms. The summed E-state index contributed by atoms with van der Waals surface area (Å²) in [4.78, 5) is 22.3. The van der Waals surface area contributed by atoms with Crippen molar-refractivity contribution in [2.75, 3.05) is 21.3 Å². The molecule has 0 aliphatic rings. The summed E-state index contributed by atoms with van der Waals surface area (Å²) in [5, 5.41) is 3.96. The Morgan fingerprint density at radius 2 is 0.795 bits per heavy atom. The molecular weight excluding hydrogens is 810 g/mol. The Kier molecular flexibility index (Phi) is 16.0. The van der Waals surface area contributed by atoms with Gasteiger partial charge in [0.05, 0.1) is 28.8 Å². The Hall–Kier alpha value is -1.52. The second kappa shape index (κ2) is 19.9. The van der Waals surface area contributed by atoms with Crippen molar-refractivity contribution in [1.82, 2.24) is 24.8 Å². The first-order chi connectivity index (χ1) is 21.6. The largest absolute Gasteiger partial charge is 0.278 e. The molecule has 0 aromatic carbocycles. The van der Waals surface area contributed by atoms with Crippen LogP contribution in [0.15, 0.2) is 73.3 Å². The van der Waals surface area contributed by atoms with Crippen LogP contribution in [-0.4, -0.2) is 46.2 Å². The quantitative estimate of drug-likeness (QED) is 0.0882. The van der Waals surface area contributed by atoms with Gasteiger partial charge < -0.3 is 0 Å². The zero-order valence-corrected chi connectivity index (χ0v) is 31.5. The van der Waals surface area contributed by atoms with Gasteiger partial charge in [-0.1, -0.05) is 88.0 Å². The summed E-state index contributed by atoms with van der Waals surface area (Å²) in [5.74, 6) is 0. The number of nitrogens with zero attached hydrogens (tertiary/aromatic N) is 5. The molecule has 4 aromatic heterocycles. The molecule has 234 valence electrons. The second-order valence-corrected chi connectivity index (χ2v) is 14.1. The molecule has 0 saturated heterocycles. The summed E-state index contributed by atoms with van der Waals surface area (Å²) in [6, 6.07) is 17.4. The summed E-state index contributed by atoms with van der Waals surface area (Å²) in [6.45, 7) is 1.30. The van der Waals surface area contributed by atoms with Gasteiger partial charge in [0.2, 0.25) is 0 Å². The van der Waals surface area contributed by atoms with E-state index in [-0.39, 0.29) is 6.04 Å². The van der Waals surface area contributed by atoms with Crippen LogP contribution in [0.25, 0.3) is 0 Å². The summed E-state index contributed by atoms with van der Waals surface area (Å²) in [7, 11) is 0. The van der Waals surface area contributed by atoms with Crippen LogP contribution in [0.4, 0.5) is 0 Å². The third-order valence-electron chi connectivity index (χ3n) is 7.52. The highest BCUT2D eigenvalue weighted by atomic mass is 79.9. The highest BCUT2D eigenvalue weighted by molar-refractivity contribution is 9.09. The third-order valence-corrected chi connectivity index (χ3v) is 9.76. The molecule has 44 heavy (non-hydrogen) atoms. The van der Waals surface area contributed by atoms with E-state index in [1.165, 1.54) is 22.3 Å². The minimum Gasteiger partial charge on any atom is -0.278 e. The molecule has 0 radical (unpaired) electrons. The van der Waals surface area contributed by atoms with Crippen molar-refractivity contribution < 1.29 is 0 Å². The van der Waals surface area contributed by atoms with Gasteiger partial charge >= 0.3 is 0 Å². The van der Waals surface area contributed by atoms with Crippen LogP contribution in [0.2, 0.25) is 0 Å². The molecule has 4 aromatic rings. The smallest absolute Gasteiger partial charge is 0.0956 e. The Bertz CT molecular complexity index is 1250. The van der Waals surface area contributed by atoms with Gasteiger partial charge in [0, 0.05) is 59.2 Å². The van der Waals surface area contributed by atoms with E-state index in [1.54, 1.807) is 0 Å². The lowest BCUT2D eigenvalue weighted by atomic mass is 10.0. The highest BCUT2D eigenvalue weighted by Gasteiger charge is 2.26. The highest BCUT2D eigenvalue weighted by Crippen LogP contribution is 2.30. The molecule has 9 heteroatoms. The maximum Gasteiger partial charge on any atom is 0.0956 e. The van der Waals surface area contributed by atoms with Crippen molar-refractivity contribution in [3.63, 3.8) is 0 Å². The predicted molar refractivity (Wildman–Crippen MR) is 196 cm³/mol. The number of aromatic nitrogens is 4. The maximum atomic E-state index is 5.03. The molecular formula is C35H41Br4N5. The molecule has 5 nitrogen and oxygen atoms in total. The molecule has 4 rings (SSSR count). The summed E-state index contributed by atoms with van der Waals surface area (Å²) in [5.41, 5.74) is 9.03. The summed E-state index contributed by atoms with van der Waals surface area (Å²) < 4.78 is 0. The second-order valence-electron chi connectivity index (χ2n) is 11.0. The van der Waals surface area contributed by atoms with Crippen molar-refractivity contribution in [2.24, 2.45) is 0 Å². The fourth-order valence-corrected chi connectivity index (χ4v) is 6.27. The number of hydrogen-bond donors (Lipinski definition) is 0. The lowest BCUT2D eigenvalue weighted by Gasteiger charge is -2.31. The molecule has 0 amide bonds. The lowest BCUT2D eigenvalue weighted by molar-refractivity contribution is 0.195. The lowest BCUT2D eigenvalue weighted by Crippen LogP contribution is -2.31. The molecule has 0 bridgehead atoms. The Balaban J connectivity index is 1.70. The number of aryl methyl sites for hydroxylation is 4. The van der Waals surface area contributed by atoms with Crippen molar-refractivity contribution in [1.29, 1.82) is 0 Å². The van der Waals surface area contributed by atoms with E-state index in [2.05, 4.69) is 117 Å². The number of hydrogen-bond acceptors (Lipinski definition) is 5. The van der Waals surface area contributed by atoms with Gasteiger partial charge in [0.1, 0.15) is 0 Å². The number of pyridine rings is 4. The van der Waals surface area contributed by atoms with Crippen molar-refractivity contribution in [2.45, 2.75) is 70.5 Å². The van der Waals surface area contributed by atoms with Gasteiger partial charge in [0.15, 0.2) is 0 Å². The van der Waals surface area contributed by atoms with Crippen molar-refractivity contribution >= 4 is 63.7 Å². The van der Waals surface area contributed by atoms with Crippen LogP contribution >= 0.6 is 63.7 Å². The van der Waals surface area contributed by atoms with Crippen molar-refractivity contribution in [3.05, 3.63) is 118 Å². The van der Waals surface area contributed by atoms with Gasteiger partial charge in [-0.2, -0.15) is 0 Å². The van der Waals surface area contributed by atoms with Crippen LogP contribution in [0, 0.1) is 0 Å².